The van der Waals surface area contributed by atoms with Gasteiger partial charge in [0, 0.05) is 42.9 Å². The predicted molar refractivity (Wildman–Crippen MR) is 156 cm³/mol. The first-order chi connectivity index (χ1) is 20.2. The van der Waals surface area contributed by atoms with Crippen LogP contribution in [0.1, 0.15) is 37.3 Å². The molecule has 0 bridgehead atoms. The van der Waals surface area contributed by atoms with E-state index in [2.05, 4.69) is 10.2 Å². The number of anilines is 1. The molecule has 3 N–H and O–H groups in total. The Labute approximate surface area is 248 Å². The molecule has 0 aliphatic heterocycles. The van der Waals surface area contributed by atoms with Crippen molar-refractivity contribution >= 4 is 37.1 Å². The Morgan fingerprint density at radius 1 is 1.05 bits per heavy atom. The SMILES string of the molecule is COCCO[C@]1(C(=O)O)CC[C@@H](c2nc3c(-c4cnn(-c5ccc(S(C)(=O)=O)cc5)c4)cnn3c(N)c2S(C)(=O)=O)CC1. The van der Waals surface area contributed by atoms with Crippen LogP contribution in [-0.2, 0) is 33.9 Å². The molecule has 3 heterocycles. The summed E-state index contributed by atoms with van der Waals surface area (Å²) < 4.78 is 63.1. The summed E-state index contributed by atoms with van der Waals surface area (Å²) in [6.07, 6.45) is 7.95. The van der Waals surface area contributed by atoms with Crippen LogP contribution < -0.4 is 5.73 Å². The number of aliphatic carboxylic acids is 1. The lowest BCUT2D eigenvalue weighted by Gasteiger charge is -2.36. The largest absolute Gasteiger partial charge is 0.479 e. The summed E-state index contributed by atoms with van der Waals surface area (Å²) in [4.78, 5) is 17.0. The molecule has 0 saturated heterocycles. The van der Waals surface area contributed by atoms with Crippen LogP contribution in [0.3, 0.4) is 0 Å². The van der Waals surface area contributed by atoms with Crippen LogP contribution >= 0.6 is 0 Å². The van der Waals surface area contributed by atoms with Crippen molar-refractivity contribution in [1.29, 1.82) is 0 Å². The van der Waals surface area contributed by atoms with Gasteiger partial charge in [0.2, 0.25) is 0 Å². The second-order valence-corrected chi connectivity index (χ2v) is 14.6. The Kier molecular flexibility index (Phi) is 8.06. The number of hydrogen-bond donors (Lipinski definition) is 2. The van der Waals surface area contributed by atoms with Crippen molar-refractivity contribution in [3.63, 3.8) is 0 Å². The lowest BCUT2D eigenvalue weighted by Crippen LogP contribution is -2.45. The Bertz CT molecular complexity index is 1890. The number of methoxy groups -OCH3 is 1. The van der Waals surface area contributed by atoms with E-state index < -0.39 is 37.2 Å². The summed E-state index contributed by atoms with van der Waals surface area (Å²) in [5.74, 6) is -1.56. The van der Waals surface area contributed by atoms with E-state index in [4.69, 9.17) is 20.2 Å². The van der Waals surface area contributed by atoms with Crippen molar-refractivity contribution in [3.8, 4) is 16.8 Å². The number of nitrogens with zero attached hydrogens (tertiary/aromatic N) is 5. The van der Waals surface area contributed by atoms with Gasteiger partial charge in [0.15, 0.2) is 30.9 Å². The molecule has 0 spiro atoms. The number of benzene rings is 1. The number of hydrogen-bond acceptors (Lipinski definition) is 11. The molecule has 4 aromatic rings. The maximum atomic E-state index is 12.9. The number of fused-ring (bicyclic) bond motifs is 1. The van der Waals surface area contributed by atoms with Gasteiger partial charge in [-0.25, -0.2) is 31.3 Å². The first-order valence-corrected chi connectivity index (χ1v) is 17.1. The molecule has 1 fully saturated rings. The number of ether oxygens (including phenoxy) is 2. The van der Waals surface area contributed by atoms with E-state index in [-0.39, 0.29) is 47.4 Å². The molecule has 1 saturated carbocycles. The molecule has 1 aliphatic carbocycles. The van der Waals surface area contributed by atoms with Crippen molar-refractivity contribution in [1.82, 2.24) is 24.4 Å². The highest BCUT2D eigenvalue weighted by molar-refractivity contribution is 7.91. The molecular weight excluding hydrogens is 600 g/mol. The highest BCUT2D eigenvalue weighted by Crippen LogP contribution is 2.43. The summed E-state index contributed by atoms with van der Waals surface area (Å²) in [6.45, 7) is 0.367. The van der Waals surface area contributed by atoms with E-state index in [1.807, 2.05) is 0 Å². The minimum atomic E-state index is -3.84. The van der Waals surface area contributed by atoms with Gasteiger partial charge in [-0.05, 0) is 49.9 Å². The summed E-state index contributed by atoms with van der Waals surface area (Å²) in [7, 11) is -5.69. The first-order valence-electron chi connectivity index (χ1n) is 13.3. The maximum absolute atomic E-state index is 12.9. The molecule has 1 aliphatic rings. The van der Waals surface area contributed by atoms with E-state index in [1.54, 1.807) is 29.2 Å². The van der Waals surface area contributed by atoms with Crippen LogP contribution in [0.5, 0.6) is 0 Å². The molecule has 43 heavy (non-hydrogen) atoms. The third kappa shape index (κ3) is 5.87. The molecule has 0 atom stereocenters. The fourth-order valence-electron chi connectivity index (χ4n) is 5.43. The van der Waals surface area contributed by atoms with Crippen molar-refractivity contribution in [2.24, 2.45) is 0 Å². The standard InChI is InChI=1S/C27H32N6O8S2/c1-40-12-13-41-27(26(34)35)10-8-17(9-11-27)22-23(43(3,38)39)24(28)33-25(31-22)21(15-30-33)18-14-29-32(16-18)19-4-6-20(7-5-19)42(2,36)37/h4-7,14-17H,8-13,28H2,1-3H3,(H,34,35)/t17-,27-. The van der Waals surface area contributed by atoms with Crippen LogP contribution in [0.25, 0.3) is 22.5 Å². The Morgan fingerprint density at radius 3 is 2.30 bits per heavy atom. The molecule has 230 valence electrons. The van der Waals surface area contributed by atoms with Gasteiger partial charge in [-0.15, -0.1) is 0 Å². The summed E-state index contributed by atoms with van der Waals surface area (Å²) in [6, 6.07) is 6.26. The summed E-state index contributed by atoms with van der Waals surface area (Å²) in [5.41, 5.74) is 7.38. The third-order valence-electron chi connectivity index (χ3n) is 7.69. The normalized spacial score (nSPS) is 19.6. The third-order valence-corrected chi connectivity index (χ3v) is 9.98. The highest BCUT2D eigenvalue weighted by atomic mass is 32.2. The zero-order valence-electron chi connectivity index (χ0n) is 23.8. The number of nitrogen functional groups attached to an aromatic ring is 1. The zero-order valence-corrected chi connectivity index (χ0v) is 25.4. The molecule has 0 radical (unpaired) electrons. The van der Waals surface area contributed by atoms with Gasteiger partial charge in [-0.1, -0.05) is 0 Å². The number of carboxylic acid groups (broad SMARTS) is 1. The Morgan fingerprint density at radius 2 is 1.72 bits per heavy atom. The highest BCUT2D eigenvalue weighted by Gasteiger charge is 2.44. The average molecular weight is 633 g/mol. The van der Waals surface area contributed by atoms with Crippen LogP contribution in [0, 0.1) is 0 Å². The minimum absolute atomic E-state index is 0.0936. The van der Waals surface area contributed by atoms with Crippen LogP contribution in [-0.4, -0.2) is 90.7 Å². The van der Waals surface area contributed by atoms with Crippen LogP contribution in [0.15, 0.2) is 52.6 Å². The van der Waals surface area contributed by atoms with E-state index in [0.717, 1.165) is 12.5 Å². The lowest BCUT2D eigenvalue weighted by molar-refractivity contribution is -0.173. The summed E-state index contributed by atoms with van der Waals surface area (Å²) >= 11 is 0. The predicted octanol–water partition coefficient (Wildman–Crippen LogP) is 2.12. The van der Waals surface area contributed by atoms with E-state index in [0.29, 0.717) is 35.3 Å². The molecule has 0 unspecified atom stereocenters. The zero-order chi connectivity index (χ0) is 31.2. The van der Waals surface area contributed by atoms with Crippen molar-refractivity contribution in [2.45, 2.75) is 47.0 Å². The fraction of sp³-hybridized carbons (Fsp3) is 0.407. The molecule has 16 heteroatoms. The van der Waals surface area contributed by atoms with Gasteiger partial charge in [0.25, 0.3) is 0 Å². The number of aromatic nitrogens is 5. The second kappa shape index (κ2) is 11.3. The van der Waals surface area contributed by atoms with Gasteiger partial charge in [-0.3, -0.25) is 0 Å². The number of rotatable bonds is 10. The smallest absolute Gasteiger partial charge is 0.335 e. The van der Waals surface area contributed by atoms with Gasteiger partial charge in [0.1, 0.15) is 10.7 Å². The lowest BCUT2D eigenvalue weighted by atomic mass is 9.77. The number of sulfone groups is 2. The van der Waals surface area contributed by atoms with Crippen LogP contribution in [0.4, 0.5) is 5.82 Å². The monoisotopic (exact) mass is 632 g/mol. The van der Waals surface area contributed by atoms with E-state index in [9.17, 15) is 26.7 Å². The average Bonchev–Trinajstić information content (AvgIpc) is 3.60. The number of nitrogens with two attached hydrogens (primary N) is 1. The molecular formula is C27H32N6O8S2. The van der Waals surface area contributed by atoms with Gasteiger partial charge >= 0.3 is 5.97 Å². The fourth-order valence-corrected chi connectivity index (χ4v) is 7.11. The number of carboxylic acids is 1. The van der Waals surface area contributed by atoms with E-state index >= 15 is 0 Å². The van der Waals surface area contributed by atoms with E-state index in [1.165, 1.54) is 30.0 Å². The summed E-state index contributed by atoms with van der Waals surface area (Å²) in [5, 5.41) is 18.6. The number of carbonyl (C=O) groups is 1. The maximum Gasteiger partial charge on any atom is 0.335 e. The quantitative estimate of drug-likeness (QED) is 0.242. The molecule has 5 rings (SSSR count). The van der Waals surface area contributed by atoms with Gasteiger partial charge in [-0.2, -0.15) is 14.7 Å². The second-order valence-electron chi connectivity index (χ2n) is 10.6. The first kappa shape index (κ1) is 30.6. The Balaban J connectivity index is 1.52. The molecule has 14 nitrogen and oxygen atoms in total. The van der Waals surface area contributed by atoms with Crippen molar-refractivity contribution in [2.75, 3.05) is 38.6 Å². The minimum Gasteiger partial charge on any atom is -0.479 e. The molecule has 1 aromatic carbocycles. The van der Waals surface area contributed by atoms with Crippen LogP contribution in [0.2, 0.25) is 0 Å². The Hall–Kier alpha value is -3.86. The van der Waals surface area contributed by atoms with Crippen molar-refractivity contribution < 1.29 is 36.2 Å². The van der Waals surface area contributed by atoms with Crippen molar-refractivity contribution in [3.05, 3.63) is 48.5 Å². The topological polar surface area (TPSA) is 198 Å². The van der Waals surface area contributed by atoms with Gasteiger partial charge < -0.3 is 20.3 Å². The van der Waals surface area contributed by atoms with Gasteiger partial charge in [0.05, 0.1) is 41.9 Å². The molecule has 0 amide bonds. The molecule has 3 aromatic heterocycles.